The van der Waals surface area contributed by atoms with Gasteiger partial charge in [-0.1, -0.05) is 30.3 Å². The molecular formula is C20H20N2O4. The summed E-state index contributed by atoms with van der Waals surface area (Å²) < 4.78 is 10.3. The Morgan fingerprint density at radius 1 is 1.08 bits per heavy atom. The van der Waals surface area contributed by atoms with E-state index in [1.165, 1.54) is 0 Å². The van der Waals surface area contributed by atoms with Crippen LogP contribution in [0.2, 0.25) is 0 Å². The molecular weight excluding hydrogens is 332 g/mol. The molecule has 0 spiro atoms. The lowest BCUT2D eigenvalue weighted by Crippen LogP contribution is -2.38. The normalized spacial score (nSPS) is 18.6. The van der Waals surface area contributed by atoms with Crippen LogP contribution in [-0.4, -0.2) is 37.2 Å². The summed E-state index contributed by atoms with van der Waals surface area (Å²) in [6.45, 7) is 2.01. The summed E-state index contributed by atoms with van der Waals surface area (Å²) in [5.41, 5.74) is 4.39. The van der Waals surface area contributed by atoms with E-state index in [1.807, 2.05) is 30.3 Å². The number of hydrazone groups is 1. The molecule has 2 aromatic rings. The number of hydrogen-bond donors (Lipinski definition) is 1. The Morgan fingerprint density at radius 3 is 2.38 bits per heavy atom. The van der Waals surface area contributed by atoms with Crippen LogP contribution in [-0.2, 0) is 9.53 Å². The molecule has 0 fully saturated rings. The molecule has 2 atom stereocenters. The molecule has 2 aromatic carbocycles. The lowest BCUT2D eigenvalue weighted by molar-refractivity contribution is -0.145. The van der Waals surface area contributed by atoms with Crippen molar-refractivity contribution in [2.45, 2.75) is 18.9 Å². The minimum Gasteiger partial charge on any atom is -0.497 e. The predicted octanol–water partition coefficient (Wildman–Crippen LogP) is 2.55. The van der Waals surface area contributed by atoms with Crippen molar-refractivity contribution in [3.8, 4) is 5.75 Å². The number of benzene rings is 2. The van der Waals surface area contributed by atoms with E-state index in [0.717, 1.165) is 5.56 Å². The molecule has 6 heteroatoms. The van der Waals surface area contributed by atoms with E-state index in [0.29, 0.717) is 17.0 Å². The van der Waals surface area contributed by atoms with Gasteiger partial charge < -0.3 is 9.47 Å². The molecule has 0 saturated heterocycles. The molecule has 26 heavy (non-hydrogen) atoms. The van der Waals surface area contributed by atoms with Crippen LogP contribution in [0.1, 0.15) is 28.8 Å². The van der Waals surface area contributed by atoms with Crippen LogP contribution in [0, 0.1) is 0 Å². The van der Waals surface area contributed by atoms with Crippen LogP contribution in [0.5, 0.6) is 5.75 Å². The third kappa shape index (κ3) is 3.44. The second-order valence-corrected chi connectivity index (χ2v) is 5.80. The van der Waals surface area contributed by atoms with Crippen LogP contribution < -0.4 is 10.2 Å². The number of carbonyl (C=O) groups excluding carboxylic acids is 2. The predicted molar refractivity (Wildman–Crippen MR) is 97.5 cm³/mol. The molecule has 0 saturated carbocycles. The number of rotatable bonds is 6. The quantitative estimate of drug-likeness (QED) is 0.639. The fourth-order valence-corrected chi connectivity index (χ4v) is 2.95. The minimum atomic E-state index is -0.727. The van der Waals surface area contributed by atoms with Gasteiger partial charge in [-0.2, -0.15) is 5.10 Å². The van der Waals surface area contributed by atoms with Gasteiger partial charge in [-0.25, -0.2) is 4.79 Å². The number of ether oxygens (including phenoxy) is 2. The van der Waals surface area contributed by atoms with Crippen molar-refractivity contribution in [2.24, 2.45) is 5.10 Å². The molecule has 134 valence electrons. The minimum absolute atomic E-state index is 0.235. The number of methoxy groups -OCH3 is 1. The van der Waals surface area contributed by atoms with Gasteiger partial charge in [-0.3, -0.25) is 10.2 Å². The molecule has 0 radical (unpaired) electrons. The van der Waals surface area contributed by atoms with Crippen molar-refractivity contribution in [3.05, 3.63) is 65.7 Å². The van der Waals surface area contributed by atoms with Gasteiger partial charge in [-0.05, 0) is 36.8 Å². The number of carbonyl (C=O) groups is 2. The highest BCUT2D eigenvalue weighted by molar-refractivity contribution is 6.48. The Balaban J connectivity index is 1.93. The van der Waals surface area contributed by atoms with E-state index in [9.17, 15) is 9.59 Å². The Kier molecular flexibility index (Phi) is 5.31. The Bertz CT molecular complexity index is 815. The van der Waals surface area contributed by atoms with Gasteiger partial charge in [-0.15, -0.1) is 0 Å². The van der Waals surface area contributed by atoms with E-state index in [4.69, 9.17) is 9.47 Å². The Hall–Kier alpha value is -3.15. The molecule has 0 aliphatic carbocycles. The highest BCUT2D eigenvalue weighted by atomic mass is 16.5. The van der Waals surface area contributed by atoms with Crippen LogP contribution in [0.25, 0.3) is 0 Å². The molecule has 3 rings (SSSR count). The van der Waals surface area contributed by atoms with E-state index in [2.05, 4.69) is 10.5 Å². The second kappa shape index (κ2) is 7.82. The van der Waals surface area contributed by atoms with E-state index < -0.39 is 17.9 Å². The number of hydrogen-bond acceptors (Lipinski definition) is 6. The molecule has 0 amide bonds. The molecule has 0 unspecified atom stereocenters. The van der Waals surface area contributed by atoms with Gasteiger partial charge in [0.1, 0.15) is 11.5 Å². The summed E-state index contributed by atoms with van der Waals surface area (Å²) in [6, 6.07) is 15.4. The average Bonchev–Trinajstić information content (AvgIpc) is 3.13. The molecule has 0 aromatic heterocycles. The van der Waals surface area contributed by atoms with Crippen LogP contribution >= 0.6 is 0 Å². The zero-order chi connectivity index (χ0) is 18.5. The standard InChI is InChI=1S/C20H20N2O4/c1-3-26-20(24)18-16(13-7-5-4-6-8-13)17(21-22-18)19(23)14-9-11-15(25-2)12-10-14/h4-12,16,18,22H,3H2,1-2H3/t16-,18-/m1/s1. The summed E-state index contributed by atoms with van der Waals surface area (Å²) in [4.78, 5) is 25.3. The number of ketones is 1. The lowest BCUT2D eigenvalue weighted by atomic mass is 9.85. The van der Waals surface area contributed by atoms with Crippen molar-refractivity contribution < 1.29 is 19.1 Å². The zero-order valence-electron chi connectivity index (χ0n) is 14.6. The molecule has 6 nitrogen and oxygen atoms in total. The van der Waals surface area contributed by atoms with Crippen molar-refractivity contribution >= 4 is 17.5 Å². The summed E-state index contributed by atoms with van der Waals surface area (Å²) in [7, 11) is 1.57. The van der Waals surface area contributed by atoms with Crippen molar-refractivity contribution in [2.75, 3.05) is 13.7 Å². The third-order valence-corrected chi connectivity index (χ3v) is 4.24. The first kappa shape index (κ1) is 17.7. The van der Waals surface area contributed by atoms with Crippen LogP contribution in [0.3, 0.4) is 0 Å². The van der Waals surface area contributed by atoms with Crippen LogP contribution in [0.4, 0.5) is 0 Å². The van der Waals surface area contributed by atoms with Gasteiger partial charge >= 0.3 is 5.97 Å². The first-order valence-corrected chi connectivity index (χ1v) is 8.39. The lowest BCUT2D eigenvalue weighted by Gasteiger charge is -2.19. The summed E-state index contributed by atoms with van der Waals surface area (Å²) >= 11 is 0. The monoisotopic (exact) mass is 352 g/mol. The van der Waals surface area contributed by atoms with Gasteiger partial charge in [0.05, 0.1) is 19.6 Å². The highest BCUT2D eigenvalue weighted by Gasteiger charge is 2.41. The first-order valence-electron chi connectivity index (χ1n) is 8.39. The molecule has 0 bridgehead atoms. The fourth-order valence-electron chi connectivity index (χ4n) is 2.95. The van der Waals surface area contributed by atoms with Gasteiger partial charge in [0.15, 0.2) is 6.04 Å². The molecule has 1 aliphatic rings. The average molecular weight is 352 g/mol. The summed E-state index contributed by atoms with van der Waals surface area (Å²) in [5, 5.41) is 4.18. The zero-order valence-corrected chi connectivity index (χ0v) is 14.6. The maximum absolute atomic E-state index is 13.0. The Labute approximate surface area is 151 Å². The number of esters is 1. The number of Topliss-reactive ketones (excluding diaryl/α,β-unsaturated/α-hetero) is 1. The summed E-state index contributed by atoms with van der Waals surface area (Å²) in [5.74, 6) is -0.509. The maximum Gasteiger partial charge on any atom is 0.331 e. The van der Waals surface area contributed by atoms with Crippen molar-refractivity contribution in [1.82, 2.24) is 5.43 Å². The van der Waals surface area contributed by atoms with E-state index in [1.54, 1.807) is 38.3 Å². The van der Waals surface area contributed by atoms with E-state index >= 15 is 0 Å². The Morgan fingerprint density at radius 2 is 1.77 bits per heavy atom. The molecule has 1 aliphatic heterocycles. The van der Waals surface area contributed by atoms with Crippen molar-refractivity contribution in [1.29, 1.82) is 0 Å². The van der Waals surface area contributed by atoms with Gasteiger partial charge in [0.2, 0.25) is 5.78 Å². The van der Waals surface area contributed by atoms with Gasteiger partial charge in [0, 0.05) is 5.56 Å². The number of nitrogens with zero attached hydrogens (tertiary/aromatic N) is 1. The number of nitrogens with one attached hydrogen (secondary N) is 1. The largest absolute Gasteiger partial charge is 0.497 e. The highest BCUT2D eigenvalue weighted by Crippen LogP contribution is 2.28. The van der Waals surface area contributed by atoms with E-state index in [-0.39, 0.29) is 12.4 Å². The topological polar surface area (TPSA) is 77.0 Å². The third-order valence-electron chi connectivity index (χ3n) is 4.24. The molecule has 1 heterocycles. The van der Waals surface area contributed by atoms with Crippen LogP contribution in [0.15, 0.2) is 59.7 Å². The fraction of sp³-hybridized carbons (Fsp3) is 0.250. The summed E-state index contributed by atoms with van der Waals surface area (Å²) in [6.07, 6.45) is 0. The van der Waals surface area contributed by atoms with Crippen molar-refractivity contribution in [3.63, 3.8) is 0 Å². The SMILES string of the molecule is CCOC(=O)[C@@H]1NN=C(C(=O)c2ccc(OC)cc2)[C@H]1c1ccccc1. The van der Waals surface area contributed by atoms with Gasteiger partial charge in [0.25, 0.3) is 0 Å². The smallest absolute Gasteiger partial charge is 0.331 e. The maximum atomic E-state index is 13.0. The first-order chi connectivity index (χ1) is 12.7. The molecule has 1 N–H and O–H groups in total. The second-order valence-electron chi connectivity index (χ2n) is 5.80.